The molecule has 7 nitrogen and oxygen atoms in total. The first-order valence-corrected chi connectivity index (χ1v) is 6.38. The standard InChI is InChI=1S/C14H16N4O3/c1-8-5-6-11(7-9(8)2)21-13-12(18(19)20)10(3)16-14(15-4)17-13/h5-7H,1-4H3,(H,15,16,17). The lowest BCUT2D eigenvalue weighted by Gasteiger charge is -2.09. The van der Waals surface area contributed by atoms with Crippen molar-refractivity contribution in [2.24, 2.45) is 0 Å². The van der Waals surface area contributed by atoms with Gasteiger partial charge in [-0.2, -0.15) is 4.98 Å². The van der Waals surface area contributed by atoms with Gasteiger partial charge in [0.15, 0.2) is 0 Å². The molecule has 0 aliphatic heterocycles. The van der Waals surface area contributed by atoms with Crippen LogP contribution in [0.2, 0.25) is 0 Å². The lowest BCUT2D eigenvalue weighted by Crippen LogP contribution is -2.05. The van der Waals surface area contributed by atoms with E-state index in [2.05, 4.69) is 15.3 Å². The maximum Gasteiger partial charge on any atom is 0.352 e. The van der Waals surface area contributed by atoms with E-state index in [1.165, 1.54) is 0 Å². The normalized spacial score (nSPS) is 10.3. The Hall–Kier alpha value is -2.70. The molecule has 110 valence electrons. The van der Waals surface area contributed by atoms with Gasteiger partial charge >= 0.3 is 11.6 Å². The molecule has 0 unspecified atom stereocenters. The first-order chi connectivity index (χ1) is 9.92. The van der Waals surface area contributed by atoms with E-state index in [0.29, 0.717) is 5.75 Å². The Labute approximate surface area is 122 Å². The highest BCUT2D eigenvalue weighted by Crippen LogP contribution is 2.32. The average Bonchev–Trinajstić information content (AvgIpc) is 2.41. The van der Waals surface area contributed by atoms with Gasteiger partial charge in [0.25, 0.3) is 0 Å². The summed E-state index contributed by atoms with van der Waals surface area (Å²) in [6.07, 6.45) is 0. The Morgan fingerprint density at radius 1 is 1.19 bits per heavy atom. The molecule has 0 atom stereocenters. The minimum absolute atomic E-state index is 0.0693. The first kappa shape index (κ1) is 14.7. The summed E-state index contributed by atoms with van der Waals surface area (Å²) in [5.74, 6) is 0.707. The van der Waals surface area contributed by atoms with Gasteiger partial charge in [-0.3, -0.25) is 10.1 Å². The Kier molecular flexibility index (Phi) is 4.02. The molecule has 1 aromatic heterocycles. The molecule has 1 N–H and O–H groups in total. The van der Waals surface area contributed by atoms with Gasteiger partial charge in [0, 0.05) is 7.05 Å². The number of nitrogens with one attached hydrogen (secondary N) is 1. The number of anilines is 1. The molecule has 2 rings (SSSR count). The zero-order valence-electron chi connectivity index (χ0n) is 12.3. The molecule has 0 bridgehead atoms. The molecule has 0 saturated heterocycles. The van der Waals surface area contributed by atoms with Gasteiger partial charge in [0.05, 0.1) is 4.92 Å². The molecular formula is C14H16N4O3. The molecule has 1 aromatic carbocycles. The Balaban J connectivity index is 2.48. The van der Waals surface area contributed by atoms with Crippen molar-refractivity contribution in [2.75, 3.05) is 12.4 Å². The van der Waals surface area contributed by atoms with Gasteiger partial charge in [-0.1, -0.05) is 6.07 Å². The number of nitrogens with zero attached hydrogens (tertiary/aromatic N) is 3. The van der Waals surface area contributed by atoms with Gasteiger partial charge in [0.2, 0.25) is 5.95 Å². The fourth-order valence-electron chi connectivity index (χ4n) is 1.82. The monoisotopic (exact) mass is 288 g/mol. The van der Waals surface area contributed by atoms with E-state index >= 15 is 0 Å². The molecule has 1 heterocycles. The second kappa shape index (κ2) is 5.74. The summed E-state index contributed by atoms with van der Waals surface area (Å²) in [4.78, 5) is 18.7. The first-order valence-electron chi connectivity index (χ1n) is 6.38. The van der Waals surface area contributed by atoms with Crippen LogP contribution in [0, 0.1) is 30.9 Å². The predicted molar refractivity (Wildman–Crippen MR) is 79.0 cm³/mol. The summed E-state index contributed by atoms with van der Waals surface area (Å²) in [5.41, 5.74) is 2.17. The highest BCUT2D eigenvalue weighted by Gasteiger charge is 2.24. The fraction of sp³-hybridized carbons (Fsp3) is 0.286. The van der Waals surface area contributed by atoms with E-state index < -0.39 is 4.92 Å². The van der Waals surface area contributed by atoms with Gasteiger partial charge in [-0.25, -0.2) is 4.98 Å². The van der Waals surface area contributed by atoms with Crippen LogP contribution in [0.4, 0.5) is 11.6 Å². The summed E-state index contributed by atoms with van der Waals surface area (Å²) < 4.78 is 5.60. The smallest absolute Gasteiger partial charge is 0.352 e. The SMILES string of the molecule is CNc1nc(C)c([N+](=O)[O-])c(Oc2ccc(C)c(C)c2)n1. The van der Waals surface area contributed by atoms with Crippen LogP contribution >= 0.6 is 0 Å². The Morgan fingerprint density at radius 2 is 1.90 bits per heavy atom. The van der Waals surface area contributed by atoms with Crippen LogP contribution in [0.5, 0.6) is 11.6 Å². The topological polar surface area (TPSA) is 90.2 Å². The fourth-order valence-corrected chi connectivity index (χ4v) is 1.82. The van der Waals surface area contributed by atoms with Crippen LogP contribution in [0.25, 0.3) is 0 Å². The second-order valence-corrected chi connectivity index (χ2v) is 4.64. The third-order valence-corrected chi connectivity index (χ3v) is 3.13. The molecule has 0 fully saturated rings. The molecule has 0 saturated carbocycles. The highest BCUT2D eigenvalue weighted by molar-refractivity contribution is 5.50. The maximum absolute atomic E-state index is 11.2. The lowest BCUT2D eigenvalue weighted by atomic mass is 10.1. The van der Waals surface area contributed by atoms with Crippen molar-refractivity contribution in [1.29, 1.82) is 0 Å². The van der Waals surface area contributed by atoms with Crippen molar-refractivity contribution in [1.82, 2.24) is 9.97 Å². The second-order valence-electron chi connectivity index (χ2n) is 4.64. The number of hydrogen-bond acceptors (Lipinski definition) is 6. The van der Waals surface area contributed by atoms with E-state index in [1.807, 2.05) is 26.0 Å². The minimum Gasteiger partial charge on any atom is -0.434 e. The molecule has 0 aliphatic carbocycles. The van der Waals surface area contributed by atoms with Crippen LogP contribution in [0.1, 0.15) is 16.8 Å². The molecule has 21 heavy (non-hydrogen) atoms. The molecular weight excluding hydrogens is 272 g/mol. The van der Waals surface area contributed by atoms with Gasteiger partial charge in [-0.05, 0) is 44.0 Å². The average molecular weight is 288 g/mol. The van der Waals surface area contributed by atoms with Gasteiger partial charge in [-0.15, -0.1) is 0 Å². The molecule has 0 amide bonds. The quantitative estimate of drug-likeness (QED) is 0.686. The van der Waals surface area contributed by atoms with Crippen molar-refractivity contribution in [3.63, 3.8) is 0 Å². The number of rotatable bonds is 4. The van der Waals surface area contributed by atoms with E-state index in [0.717, 1.165) is 11.1 Å². The van der Waals surface area contributed by atoms with Crippen LogP contribution in [0.3, 0.4) is 0 Å². The summed E-state index contributed by atoms with van der Waals surface area (Å²) in [6.45, 7) is 5.48. The van der Waals surface area contributed by atoms with Crippen molar-refractivity contribution < 1.29 is 9.66 Å². The Bertz CT molecular complexity index is 701. The number of aromatic nitrogens is 2. The zero-order chi connectivity index (χ0) is 15.6. The summed E-state index contributed by atoms with van der Waals surface area (Å²) in [7, 11) is 1.64. The van der Waals surface area contributed by atoms with Gasteiger partial charge < -0.3 is 10.1 Å². The number of aryl methyl sites for hydroxylation is 3. The van der Waals surface area contributed by atoms with Crippen molar-refractivity contribution in [3.8, 4) is 11.6 Å². The van der Waals surface area contributed by atoms with Crippen LogP contribution in [-0.2, 0) is 0 Å². The third-order valence-electron chi connectivity index (χ3n) is 3.13. The Morgan fingerprint density at radius 3 is 2.48 bits per heavy atom. The number of nitro groups is 1. The van der Waals surface area contributed by atoms with Crippen LogP contribution in [0.15, 0.2) is 18.2 Å². The molecule has 7 heteroatoms. The minimum atomic E-state index is -0.537. The molecule has 0 aliphatic rings. The van der Waals surface area contributed by atoms with E-state index in [1.54, 1.807) is 20.0 Å². The maximum atomic E-state index is 11.2. The number of hydrogen-bond donors (Lipinski definition) is 1. The lowest BCUT2D eigenvalue weighted by molar-refractivity contribution is -0.386. The van der Waals surface area contributed by atoms with E-state index in [-0.39, 0.29) is 23.2 Å². The molecule has 0 radical (unpaired) electrons. The number of ether oxygens (including phenoxy) is 1. The van der Waals surface area contributed by atoms with Gasteiger partial charge in [0.1, 0.15) is 11.4 Å². The highest BCUT2D eigenvalue weighted by atomic mass is 16.6. The predicted octanol–water partition coefficient (Wildman–Crippen LogP) is 3.14. The van der Waals surface area contributed by atoms with E-state index in [9.17, 15) is 10.1 Å². The zero-order valence-corrected chi connectivity index (χ0v) is 12.3. The van der Waals surface area contributed by atoms with Crippen molar-refractivity contribution in [3.05, 3.63) is 45.1 Å². The summed E-state index contributed by atoms with van der Waals surface area (Å²) in [5, 5.41) is 13.9. The molecule has 2 aromatic rings. The van der Waals surface area contributed by atoms with Crippen molar-refractivity contribution in [2.45, 2.75) is 20.8 Å². The summed E-state index contributed by atoms with van der Waals surface area (Å²) >= 11 is 0. The largest absolute Gasteiger partial charge is 0.434 e. The van der Waals surface area contributed by atoms with Crippen LogP contribution in [-0.4, -0.2) is 21.9 Å². The third kappa shape index (κ3) is 3.07. The van der Waals surface area contributed by atoms with Crippen molar-refractivity contribution >= 4 is 11.6 Å². The summed E-state index contributed by atoms with van der Waals surface area (Å²) in [6, 6.07) is 5.46. The van der Waals surface area contributed by atoms with Crippen LogP contribution < -0.4 is 10.1 Å². The molecule has 0 spiro atoms. The van der Waals surface area contributed by atoms with E-state index in [4.69, 9.17) is 4.74 Å². The number of benzene rings is 1.